The van der Waals surface area contributed by atoms with Gasteiger partial charge in [-0.25, -0.2) is 0 Å². The van der Waals surface area contributed by atoms with E-state index >= 15 is 0 Å². The molecule has 0 heterocycles. The number of nitrogens with zero attached hydrogens (tertiary/aromatic N) is 3. The van der Waals surface area contributed by atoms with Crippen LogP contribution in [0.4, 0.5) is 17.1 Å². The summed E-state index contributed by atoms with van der Waals surface area (Å²) in [6, 6.07) is 18.0. The largest absolute Gasteiger partial charge is 0.506 e. The number of hydrogen-bond donors (Lipinski definition) is 2. The minimum Gasteiger partial charge on any atom is -0.506 e. The van der Waals surface area contributed by atoms with Crippen molar-refractivity contribution in [1.29, 1.82) is 0 Å². The van der Waals surface area contributed by atoms with E-state index in [1.54, 1.807) is 18.2 Å². The summed E-state index contributed by atoms with van der Waals surface area (Å²) in [6.45, 7) is 0. The molecule has 0 atom stereocenters. The monoisotopic (exact) mass is 359 g/mol. The van der Waals surface area contributed by atoms with Crippen LogP contribution in [-0.4, -0.2) is 15.1 Å². The molecule has 0 aliphatic carbocycles. The average Bonchev–Trinajstić information content (AvgIpc) is 2.68. The van der Waals surface area contributed by atoms with Gasteiger partial charge in [0.15, 0.2) is 5.75 Å². The number of non-ortho nitro benzene ring substituents is 1. The van der Waals surface area contributed by atoms with Crippen LogP contribution < -0.4 is 0 Å². The van der Waals surface area contributed by atoms with Gasteiger partial charge in [0.1, 0.15) is 17.1 Å². The summed E-state index contributed by atoms with van der Waals surface area (Å²) in [7, 11) is 0. The fourth-order valence-corrected chi connectivity index (χ4v) is 2.94. The Balaban J connectivity index is 1.82. The smallest absolute Gasteiger partial charge is 0.270 e. The van der Waals surface area contributed by atoms with Crippen molar-refractivity contribution in [2.75, 3.05) is 0 Å². The minimum absolute atomic E-state index is 0.00721. The van der Waals surface area contributed by atoms with E-state index in [1.165, 1.54) is 24.3 Å². The Kier molecular flexibility index (Phi) is 3.89. The van der Waals surface area contributed by atoms with Crippen LogP contribution in [0.15, 0.2) is 77.0 Å². The summed E-state index contributed by atoms with van der Waals surface area (Å²) < 4.78 is 0. The third kappa shape index (κ3) is 2.91. The fraction of sp³-hybridized carbons (Fsp3) is 0. The lowest BCUT2D eigenvalue weighted by atomic mass is 10.1. The standard InChI is InChI=1S/C20H13N3O4/c24-18-10-6-13-11-14(23(26)27)7-8-15(13)19(18)22-21-17-9-5-12-3-1-2-4-16(12)20(17)25/h1-11,24-25H. The molecule has 0 fully saturated rings. The topological polar surface area (TPSA) is 108 Å². The van der Waals surface area contributed by atoms with Crippen molar-refractivity contribution >= 4 is 38.6 Å². The van der Waals surface area contributed by atoms with E-state index in [0.717, 1.165) is 5.39 Å². The first-order valence-corrected chi connectivity index (χ1v) is 8.07. The molecule has 0 radical (unpaired) electrons. The minimum atomic E-state index is -0.486. The molecule has 0 bridgehead atoms. The Morgan fingerprint density at radius 1 is 0.815 bits per heavy atom. The maximum Gasteiger partial charge on any atom is 0.270 e. The number of rotatable bonds is 3. The zero-order valence-corrected chi connectivity index (χ0v) is 13.9. The first kappa shape index (κ1) is 16.5. The molecular weight excluding hydrogens is 346 g/mol. The molecule has 0 saturated carbocycles. The molecule has 27 heavy (non-hydrogen) atoms. The van der Waals surface area contributed by atoms with E-state index in [9.17, 15) is 20.3 Å². The quantitative estimate of drug-likeness (QED) is 0.277. The van der Waals surface area contributed by atoms with Gasteiger partial charge in [0.2, 0.25) is 0 Å². The third-order valence-corrected chi connectivity index (χ3v) is 4.30. The highest BCUT2D eigenvalue weighted by molar-refractivity contribution is 5.96. The zero-order valence-electron chi connectivity index (χ0n) is 13.9. The van der Waals surface area contributed by atoms with Crippen LogP contribution in [0.1, 0.15) is 0 Å². The number of nitro groups is 1. The van der Waals surface area contributed by atoms with Gasteiger partial charge < -0.3 is 10.2 Å². The van der Waals surface area contributed by atoms with Crippen LogP contribution in [0, 0.1) is 10.1 Å². The van der Waals surface area contributed by atoms with Crippen LogP contribution in [0.3, 0.4) is 0 Å². The van der Waals surface area contributed by atoms with Crippen molar-refractivity contribution in [2.45, 2.75) is 0 Å². The molecule has 0 amide bonds. The number of phenolic OH excluding ortho intramolecular Hbond substituents is 2. The normalized spacial score (nSPS) is 11.4. The van der Waals surface area contributed by atoms with Crippen molar-refractivity contribution in [3.8, 4) is 11.5 Å². The molecule has 4 aromatic rings. The molecule has 7 nitrogen and oxygen atoms in total. The Hall–Kier alpha value is -4.00. The van der Waals surface area contributed by atoms with Gasteiger partial charge in [-0.1, -0.05) is 36.4 Å². The second kappa shape index (κ2) is 6.38. The Bertz CT molecular complexity index is 1230. The van der Waals surface area contributed by atoms with Gasteiger partial charge in [0.05, 0.1) is 4.92 Å². The van der Waals surface area contributed by atoms with Gasteiger partial charge in [-0.2, -0.15) is 0 Å². The maximum absolute atomic E-state index is 10.9. The van der Waals surface area contributed by atoms with Crippen molar-refractivity contribution in [2.24, 2.45) is 10.2 Å². The number of azo groups is 1. The average molecular weight is 359 g/mol. The Labute approximate surface area is 153 Å². The molecule has 2 N–H and O–H groups in total. The predicted octanol–water partition coefficient (Wildman–Crippen LogP) is 5.73. The van der Waals surface area contributed by atoms with Crippen LogP contribution in [0.5, 0.6) is 11.5 Å². The number of benzene rings is 4. The van der Waals surface area contributed by atoms with E-state index in [-0.39, 0.29) is 28.6 Å². The number of nitro benzene ring substituents is 1. The van der Waals surface area contributed by atoms with Crippen molar-refractivity contribution in [1.82, 2.24) is 0 Å². The van der Waals surface area contributed by atoms with E-state index in [1.807, 2.05) is 24.3 Å². The van der Waals surface area contributed by atoms with Gasteiger partial charge in [-0.15, -0.1) is 10.2 Å². The first-order chi connectivity index (χ1) is 13.0. The second-order valence-corrected chi connectivity index (χ2v) is 5.95. The Morgan fingerprint density at radius 2 is 1.59 bits per heavy atom. The van der Waals surface area contributed by atoms with Gasteiger partial charge >= 0.3 is 0 Å². The highest BCUT2D eigenvalue weighted by Crippen LogP contribution is 2.40. The first-order valence-electron chi connectivity index (χ1n) is 8.07. The molecule has 0 saturated heterocycles. The summed E-state index contributed by atoms with van der Waals surface area (Å²) in [5.74, 6) is -0.118. The molecule has 0 unspecified atom stereocenters. The van der Waals surface area contributed by atoms with Crippen molar-refractivity contribution < 1.29 is 15.1 Å². The molecule has 132 valence electrons. The van der Waals surface area contributed by atoms with Crippen LogP contribution in [-0.2, 0) is 0 Å². The van der Waals surface area contributed by atoms with Gasteiger partial charge in [-0.05, 0) is 29.0 Å². The van der Waals surface area contributed by atoms with E-state index in [4.69, 9.17) is 0 Å². The van der Waals surface area contributed by atoms with Crippen LogP contribution >= 0.6 is 0 Å². The van der Waals surface area contributed by atoms with Crippen LogP contribution in [0.2, 0.25) is 0 Å². The zero-order chi connectivity index (χ0) is 19.0. The SMILES string of the molecule is O=[N+]([O-])c1ccc2c(N=Nc3ccc4ccccc4c3O)c(O)ccc2c1. The lowest BCUT2D eigenvalue weighted by Gasteiger charge is -2.05. The summed E-state index contributed by atoms with van der Waals surface area (Å²) in [5, 5.41) is 42.3. The summed E-state index contributed by atoms with van der Waals surface area (Å²) in [6.07, 6.45) is 0. The molecule has 0 aliphatic rings. The summed E-state index contributed by atoms with van der Waals surface area (Å²) >= 11 is 0. The van der Waals surface area contributed by atoms with E-state index in [0.29, 0.717) is 16.2 Å². The molecular formula is C20H13N3O4. The number of aromatic hydroxyl groups is 2. The maximum atomic E-state index is 10.9. The predicted molar refractivity (Wildman–Crippen MR) is 102 cm³/mol. The molecule has 0 aromatic heterocycles. The van der Waals surface area contributed by atoms with Crippen molar-refractivity contribution in [3.63, 3.8) is 0 Å². The number of phenols is 2. The molecule has 0 spiro atoms. The number of hydrogen-bond acceptors (Lipinski definition) is 6. The lowest BCUT2D eigenvalue weighted by Crippen LogP contribution is -1.87. The number of fused-ring (bicyclic) bond motifs is 2. The highest BCUT2D eigenvalue weighted by atomic mass is 16.6. The Morgan fingerprint density at radius 3 is 2.41 bits per heavy atom. The summed E-state index contributed by atoms with van der Waals surface area (Å²) in [4.78, 5) is 10.5. The highest BCUT2D eigenvalue weighted by Gasteiger charge is 2.12. The summed E-state index contributed by atoms with van der Waals surface area (Å²) in [5.41, 5.74) is 0.380. The van der Waals surface area contributed by atoms with Gasteiger partial charge in [0, 0.05) is 22.9 Å². The molecule has 7 heteroatoms. The van der Waals surface area contributed by atoms with Gasteiger partial charge in [-0.3, -0.25) is 10.1 Å². The van der Waals surface area contributed by atoms with Gasteiger partial charge in [0.25, 0.3) is 5.69 Å². The molecule has 4 aromatic carbocycles. The fourth-order valence-electron chi connectivity index (χ4n) is 2.94. The third-order valence-electron chi connectivity index (χ3n) is 4.30. The van der Waals surface area contributed by atoms with E-state index in [2.05, 4.69) is 10.2 Å². The molecule has 0 aliphatic heterocycles. The molecule has 4 rings (SSSR count). The van der Waals surface area contributed by atoms with E-state index < -0.39 is 4.92 Å². The van der Waals surface area contributed by atoms with Crippen molar-refractivity contribution in [3.05, 3.63) is 76.8 Å². The van der Waals surface area contributed by atoms with Crippen LogP contribution in [0.25, 0.3) is 21.5 Å². The lowest BCUT2D eigenvalue weighted by molar-refractivity contribution is -0.384. The second-order valence-electron chi connectivity index (χ2n) is 5.95.